The average molecular weight is 423 g/mol. The number of aryl methyl sites for hydroxylation is 1. The number of nitrogens with zero attached hydrogens (tertiary/aromatic N) is 4. The number of aromatic nitrogens is 2. The SMILES string of the molecule is Cc1ccc(CC(=O)N2CCN(c3ccc(-c4cccc5ccccc45)nn3)CC2)cc1. The van der Waals surface area contributed by atoms with Crippen molar-refractivity contribution in [1.29, 1.82) is 0 Å². The molecule has 0 N–H and O–H groups in total. The first-order valence-electron chi connectivity index (χ1n) is 11.1. The van der Waals surface area contributed by atoms with Crippen LogP contribution in [-0.2, 0) is 11.2 Å². The zero-order valence-electron chi connectivity index (χ0n) is 18.2. The Morgan fingerprint density at radius 1 is 0.812 bits per heavy atom. The third-order valence-corrected chi connectivity index (χ3v) is 6.15. The Morgan fingerprint density at radius 3 is 2.31 bits per heavy atom. The zero-order chi connectivity index (χ0) is 21.9. The molecule has 5 nitrogen and oxygen atoms in total. The molecule has 0 bridgehead atoms. The van der Waals surface area contributed by atoms with Gasteiger partial charge in [0.2, 0.25) is 5.91 Å². The number of anilines is 1. The van der Waals surface area contributed by atoms with E-state index >= 15 is 0 Å². The fourth-order valence-electron chi connectivity index (χ4n) is 4.26. The lowest BCUT2D eigenvalue weighted by atomic mass is 10.0. The van der Waals surface area contributed by atoms with Crippen molar-refractivity contribution in [3.05, 3.63) is 90.0 Å². The van der Waals surface area contributed by atoms with Crippen LogP contribution in [0.3, 0.4) is 0 Å². The predicted molar refractivity (Wildman–Crippen MR) is 129 cm³/mol. The molecule has 1 aliphatic heterocycles. The van der Waals surface area contributed by atoms with Crippen molar-refractivity contribution in [3.63, 3.8) is 0 Å². The number of benzene rings is 3. The zero-order valence-corrected chi connectivity index (χ0v) is 18.2. The van der Waals surface area contributed by atoms with E-state index in [0.717, 1.165) is 35.7 Å². The number of amides is 1. The van der Waals surface area contributed by atoms with Crippen LogP contribution < -0.4 is 4.90 Å². The van der Waals surface area contributed by atoms with Gasteiger partial charge in [-0.25, -0.2) is 0 Å². The van der Waals surface area contributed by atoms with Crippen LogP contribution >= 0.6 is 0 Å². The number of hydrogen-bond donors (Lipinski definition) is 0. The molecular weight excluding hydrogens is 396 g/mol. The van der Waals surface area contributed by atoms with Gasteiger partial charge in [-0.15, -0.1) is 10.2 Å². The molecule has 2 heterocycles. The molecule has 4 aromatic rings. The van der Waals surface area contributed by atoms with Gasteiger partial charge in [-0.05, 0) is 35.4 Å². The summed E-state index contributed by atoms with van der Waals surface area (Å²) >= 11 is 0. The van der Waals surface area contributed by atoms with Gasteiger partial charge in [0.1, 0.15) is 0 Å². The Balaban J connectivity index is 1.23. The number of piperazine rings is 1. The predicted octanol–water partition coefficient (Wildman–Crippen LogP) is 4.50. The van der Waals surface area contributed by atoms with Gasteiger partial charge in [-0.1, -0.05) is 72.3 Å². The molecule has 0 spiro atoms. The van der Waals surface area contributed by atoms with Crippen LogP contribution in [-0.4, -0.2) is 47.2 Å². The van der Waals surface area contributed by atoms with E-state index in [0.29, 0.717) is 19.5 Å². The highest BCUT2D eigenvalue weighted by molar-refractivity contribution is 5.95. The molecule has 0 saturated carbocycles. The van der Waals surface area contributed by atoms with Crippen LogP contribution in [0.5, 0.6) is 0 Å². The minimum atomic E-state index is 0.186. The third-order valence-electron chi connectivity index (χ3n) is 6.15. The molecular formula is C27H26N4O. The Kier molecular flexibility index (Phi) is 5.55. The van der Waals surface area contributed by atoms with Crippen LogP contribution in [0, 0.1) is 6.92 Å². The molecule has 160 valence electrons. The number of hydrogen-bond acceptors (Lipinski definition) is 4. The molecule has 0 radical (unpaired) electrons. The number of carbonyl (C=O) groups excluding carboxylic acids is 1. The highest BCUT2D eigenvalue weighted by atomic mass is 16.2. The van der Waals surface area contributed by atoms with E-state index in [2.05, 4.69) is 64.5 Å². The van der Waals surface area contributed by atoms with Crippen molar-refractivity contribution in [1.82, 2.24) is 15.1 Å². The second kappa shape index (κ2) is 8.79. The van der Waals surface area contributed by atoms with Crippen molar-refractivity contribution in [2.24, 2.45) is 0 Å². The van der Waals surface area contributed by atoms with Gasteiger partial charge in [0, 0.05) is 31.7 Å². The summed E-state index contributed by atoms with van der Waals surface area (Å²) in [5.41, 5.74) is 4.24. The number of fused-ring (bicyclic) bond motifs is 1. The Labute approximate surface area is 188 Å². The van der Waals surface area contributed by atoms with Crippen molar-refractivity contribution in [2.45, 2.75) is 13.3 Å². The maximum atomic E-state index is 12.7. The largest absolute Gasteiger partial charge is 0.352 e. The molecule has 0 unspecified atom stereocenters. The topological polar surface area (TPSA) is 49.3 Å². The molecule has 1 fully saturated rings. The summed E-state index contributed by atoms with van der Waals surface area (Å²) < 4.78 is 0. The van der Waals surface area contributed by atoms with Gasteiger partial charge in [-0.2, -0.15) is 0 Å². The summed E-state index contributed by atoms with van der Waals surface area (Å²) in [4.78, 5) is 16.8. The molecule has 0 aliphatic carbocycles. The van der Waals surface area contributed by atoms with Gasteiger partial charge in [-0.3, -0.25) is 4.79 Å². The van der Waals surface area contributed by atoms with Gasteiger partial charge in [0.15, 0.2) is 5.82 Å². The second-order valence-electron chi connectivity index (χ2n) is 8.33. The van der Waals surface area contributed by atoms with E-state index < -0.39 is 0 Å². The smallest absolute Gasteiger partial charge is 0.227 e. The van der Waals surface area contributed by atoms with E-state index in [4.69, 9.17) is 0 Å². The molecule has 3 aromatic carbocycles. The van der Waals surface area contributed by atoms with Crippen molar-refractivity contribution >= 4 is 22.5 Å². The van der Waals surface area contributed by atoms with Crippen LogP contribution in [0.4, 0.5) is 5.82 Å². The van der Waals surface area contributed by atoms with Crippen LogP contribution in [0.15, 0.2) is 78.9 Å². The maximum absolute atomic E-state index is 12.7. The second-order valence-corrected chi connectivity index (χ2v) is 8.33. The van der Waals surface area contributed by atoms with Gasteiger partial charge < -0.3 is 9.80 Å². The Morgan fingerprint density at radius 2 is 1.56 bits per heavy atom. The highest BCUT2D eigenvalue weighted by Crippen LogP contribution is 2.27. The van der Waals surface area contributed by atoms with Crippen molar-refractivity contribution in [3.8, 4) is 11.3 Å². The van der Waals surface area contributed by atoms with Crippen LogP contribution in [0.2, 0.25) is 0 Å². The molecule has 5 rings (SSSR count). The fraction of sp³-hybridized carbons (Fsp3) is 0.222. The lowest BCUT2D eigenvalue weighted by molar-refractivity contribution is -0.130. The van der Waals surface area contributed by atoms with E-state index in [1.165, 1.54) is 16.3 Å². The lowest BCUT2D eigenvalue weighted by Crippen LogP contribution is -2.49. The summed E-state index contributed by atoms with van der Waals surface area (Å²) in [5, 5.41) is 11.4. The number of rotatable bonds is 4. The maximum Gasteiger partial charge on any atom is 0.227 e. The molecule has 1 aliphatic rings. The first kappa shape index (κ1) is 20.2. The molecule has 32 heavy (non-hydrogen) atoms. The summed E-state index contributed by atoms with van der Waals surface area (Å²) in [6, 6.07) is 26.8. The first-order valence-corrected chi connectivity index (χ1v) is 11.1. The molecule has 1 amide bonds. The quantitative estimate of drug-likeness (QED) is 0.486. The molecule has 1 saturated heterocycles. The van der Waals surface area contributed by atoms with E-state index in [1.807, 2.05) is 41.3 Å². The first-order chi connectivity index (χ1) is 15.7. The average Bonchev–Trinajstić information content (AvgIpc) is 2.85. The fourth-order valence-corrected chi connectivity index (χ4v) is 4.26. The summed E-state index contributed by atoms with van der Waals surface area (Å²) in [6.45, 7) is 5.00. The number of carbonyl (C=O) groups is 1. The Hall–Kier alpha value is -3.73. The molecule has 1 aromatic heterocycles. The summed E-state index contributed by atoms with van der Waals surface area (Å²) in [6.07, 6.45) is 0.458. The standard InChI is InChI=1S/C27H26N4O/c1-20-9-11-21(12-10-20)19-27(32)31-17-15-30(16-18-31)26-14-13-25(28-29-26)24-8-4-6-22-5-2-3-7-23(22)24/h2-14H,15-19H2,1H3. The lowest BCUT2D eigenvalue weighted by Gasteiger charge is -2.35. The van der Waals surface area contributed by atoms with E-state index in [1.54, 1.807) is 0 Å². The van der Waals surface area contributed by atoms with Gasteiger partial charge >= 0.3 is 0 Å². The van der Waals surface area contributed by atoms with Gasteiger partial charge in [0.05, 0.1) is 12.1 Å². The normalized spacial score (nSPS) is 14.0. The third kappa shape index (κ3) is 4.19. The minimum Gasteiger partial charge on any atom is -0.352 e. The monoisotopic (exact) mass is 422 g/mol. The van der Waals surface area contributed by atoms with Crippen LogP contribution in [0.1, 0.15) is 11.1 Å². The highest BCUT2D eigenvalue weighted by Gasteiger charge is 2.22. The summed E-state index contributed by atoms with van der Waals surface area (Å²) in [7, 11) is 0. The molecule has 0 atom stereocenters. The van der Waals surface area contributed by atoms with Crippen molar-refractivity contribution < 1.29 is 4.79 Å². The molecule has 5 heteroatoms. The Bertz CT molecular complexity index is 1220. The van der Waals surface area contributed by atoms with Crippen LogP contribution in [0.25, 0.3) is 22.0 Å². The summed E-state index contributed by atoms with van der Waals surface area (Å²) in [5.74, 6) is 1.05. The van der Waals surface area contributed by atoms with E-state index in [-0.39, 0.29) is 5.91 Å². The van der Waals surface area contributed by atoms with E-state index in [9.17, 15) is 4.79 Å². The van der Waals surface area contributed by atoms with Crippen molar-refractivity contribution in [2.75, 3.05) is 31.1 Å². The van der Waals surface area contributed by atoms with Gasteiger partial charge in [0.25, 0.3) is 0 Å². The minimum absolute atomic E-state index is 0.186.